The zero-order valence-corrected chi connectivity index (χ0v) is 8.17. The molecule has 1 aliphatic rings. The predicted octanol–water partition coefficient (Wildman–Crippen LogP) is 1.12. The highest BCUT2D eigenvalue weighted by Crippen LogP contribution is 2.15. The number of hydrogen-bond donors (Lipinski definition) is 1. The van der Waals surface area contributed by atoms with Crippen molar-refractivity contribution in [1.82, 2.24) is 5.32 Å². The van der Waals surface area contributed by atoms with Crippen LogP contribution in [0.1, 0.15) is 13.8 Å². The molecule has 0 aromatic heterocycles. The van der Waals surface area contributed by atoms with Crippen molar-refractivity contribution in [2.45, 2.75) is 19.4 Å². The molecule has 11 heavy (non-hydrogen) atoms. The van der Waals surface area contributed by atoms with Gasteiger partial charge in [-0.05, 0) is 12.7 Å². The Morgan fingerprint density at radius 1 is 1.55 bits per heavy atom. The van der Waals surface area contributed by atoms with E-state index in [4.69, 9.17) is 4.74 Å². The minimum atomic E-state index is 0.147. The topological polar surface area (TPSA) is 21.3 Å². The van der Waals surface area contributed by atoms with Gasteiger partial charge in [0, 0.05) is 18.8 Å². The Morgan fingerprint density at radius 3 is 2.73 bits per heavy atom. The van der Waals surface area contributed by atoms with E-state index in [0.29, 0.717) is 0 Å². The number of ether oxygens (including phenoxy) is 1. The fraction of sp³-hybridized carbons (Fsp3) is 1.00. The zero-order chi connectivity index (χ0) is 8.16. The van der Waals surface area contributed by atoms with E-state index in [2.05, 4.69) is 19.2 Å². The quantitative estimate of drug-likeness (QED) is 0.633. The first-order chi connectivity index (χ1) is 5.27. The maximum Gasteiger partial charge on any atom is 0.0902 e. The highest BCUT2D eigenvalue weighted by atomic mass is 32.2. The van der Waals surface area contributed by atoms with E-state index in [1.807, 2.05) is 11.8 Å². The Balaban J connectivity index is 1.94. The standard InChI is InChI=1S/C8H17NOS/c1-3-11-5-4-10-8(2)6-9-7-8/h9H,3-7H2,1-2H3. The third-order valence-corrected chi connectivity index (χ3v) is 2.74. The molecule has 0 spiro atoms. The summed E-state index contributed by atoms with van der Waals surface area (Å²) in [7, 11) is 0. The third-order valence-electron chi connectivity index (χ3n) is 1.88. The van der Waals surface area contributed by atoms with Gasteiger partial charge in [-0.1, -0.05) is 6.92 Å². The summed E-state index contributed by atoms with van der Waals surface area (Å²) >= 11 is 1.94. The van der Waals surface area contributed by atoms with Crippen LogP contribution in [0.2, 0.25) is 0 Å². The Bertz CT molecular complexity index is 115. The van der Waals surface area contributed by atoms with Crippen LogP contribution >= 0.6 is 11.8 Å². The van der Waals surface area contributed by atoms with Crippen molar-refractivity contribution >= 4 is 11.8 Å². The van der Waals surface area contributed by atoms with Crippen molar-refractivity contribution < 1.29 is 4.74 Å². The van der Waals surface area contributed by atoms with Gasteiger partial charge in [0.15, 0.2) is 0 Å². The van der Waals surface area contributed by atoms with Gasteiger partial charge in [0.1, 0.15) is 0 Å². The van der Waals surface area contributed by atoms with Gasteiger partial charge in [0.25, 0.3) is 0 Å². The van der Waals surface area contributed by atoms with Crippen LogP contribution in [-0.4, -0.2) is 36.8 Å². The lowest BCUT2D eigenvalue weighted by atomic mass is 10.0. The Kier molecular flexibility index (Phi) is 3.69. The highest BCUT2D eigenvalue weighted by molar-refractivity contribution is 7.99. The van der Waals surface area contributed by atoms with E-state index in [9.17, 15) is 0 Å². The molecule has 0 aliphatic carbocycles. The molecule has 3 heteroatoms. The summed E-state index contributed by atoms with van der Waals surface area (Å²) in [6.07, 6.45) is 0. The SMILES string of the molecule is CCSCCOC1(C)CNC1. The number of rotatable bonds is 5. The Hall–Kier alpha value is 0.270. The molecule has 1 fully saturated rings. The van der Waals surface area contributed by atoms with Gasteiger partial charge in [0.2, 0.25) is 0 Å². The van der Waals surface area contributed by atoms with Gasteiger partial charge in [-0.3, -0.25) is 0 Å². The molecule has 1 heterocycles. The first-order valence-corrected chi connectivity index (χ1v) is 5.35. The summed E-state index contributed by atoms with van der Waals surface area (Å²) in [6.45, 7) is 7.28. The molecule has 1 saturated heterocycles. The molecule has 0 saturated carbocycles. The first-order valence-electron chi connectivity index (χ1n) is 4.19. The molecule has 1 rings (SSSR count). The summed E-state index contributed by atoms with van der Waals surface area (Å²) in [5.74, 6) is 2.32. The molecule has 1 aliphatic heterocycles. The van der Waals surface area contributed by atoms with E-state index in [-0.39, 0.29) is 5.60 Å². The van der Waals surface area contributed by atoms with E-state index in [0.717, 1.165) is 25.4 Å². The highest BCUT2D eigenvalue weighted by Gasteiger charge is 2.31. The second kappa shape index (κ2) is 4.33. The lowest BCUT2D eigenvalue weighted by Crippen LogP contribution is -2.59. The average molecular weight is 175 g/mol. The van der Waals surface area contributed by atoms with E-state index >= 15 is 0 Å². The second-order valence-electron chi connectivity index (χ2n) is 3.10. The van der Waals surface area contributed by atoms with Gasteiger partial charge in [0.05, 0.1) is 12.2 Å². The minimum Gasteiger partial charge on any atom is -0.372 e. The van der Waals surface area contributed by atoms with Crippen LogP contribution in [0.3, 0.4) is 0 Å². The lowest BCUT2D eigenvalue weighted by molar-refractivity contribution is -0.0594. The van der Waals surface area contributed by atoms with Gasteiger partial charge < -0.3 is 10.1 Å². The molecule has 0 amide bonds. The van der Waals surface area contributed by atoms with Gasteiger partial charge in [-0.15, -0.1) is 0 Å². The van der Waals surface area contributed by atoms with Gasteiger partial charge in [-0.2, -0.15) is 11.8 Å². The average Bonchev–Trinajstić information content (AvgIpc) is 1.95. The van der Waals surface area contributed by atoms with Crippen LogP contribution in [0.25, 0.3) is 0 Å². The molecular weight excluding hydrogens is 158 g/mol. The summed E-state index contributed by atoms with van der Waals surface area (Å²) in [5.41, 5.74) is 0.147. The summed E-state index contributed by atoms with van der Waals surface area (Å²) in [4.78, 5) is 0. The maximum absolute atomic E-state index is 5.68. The third kappa shape index (κ3) is 3.01. The zero-order valence-electron chi connectivity index (χ0n) is 7.35. The molecule has 0 bridgehead atoms. The second-order valence-corrected chi connectivity index (χ2v) is 4.49. The van der Waals surface area contributed by atoms with Crippen LogP contribution in [0.15, 0.2) is 0 Å². The lowest BCUT2D eigenvalue weighted by Gasteiger charge is -2.39. The summed E-state index contributed by atoms with van der Waals surface area (Å²) in [5, 5.41) is 3.21. The Labute approximate surface area is 73.1 Å². The van der Waals surface area contributed by atoms with Crippen LogP contribution in [0.4, 0.5) is 0 Å². The molecule has 0 radical (unpaired) electrons. The van der Waals surface area contributed by atoms with E-state index < -0.39 is 0 Å². The monoisotopic (exact) mass is 175 g/mol. The van der Waals surface area contributed by atoms with Gasteiger partial charge in [-0.25, -0.2) is 0 Å². The molecule has 0 aromatic carbocycles. The minimum absolute atomic E-state index is 0.147. The molecule has 1 N–H and O–H groups in total. The molecular formula is C8H17NOS. The molecule has 0 unspecified atom stereocenters. The van der Waals surface area contributed by atoms with Crippen LogP contribution in [-0.2, 0) is 4.74 Å². The number of hydrogen-bond acceptors (Lipinski definition) is 3. The van der Waals surface area contributed by atoms with Crippen molar-refractivity contribution in [3.05, 3.63) is 0 Å². The molecule has 0 aromatic rings. The molecule has 66 valence electrons. The Morgan fingerprint density at radius 2 is 2.27 bits per heavy atom. The van der Waals surface area contributed by atoms with Crippen LogP contribution < -0.4 is 5.32 Å². The van der Waals surface area contributed by atoms with E-state index in [1.165, 1.54) is 5.75 Å². The summed E-state index contributed by atoms with van der Waals surface area (Å²) in [6, 6.07) is 0. The molecule has 0 atom stereocenters. The normalized spacial score (nSPS) is 21.3. The number of thioether (sulfide) groups is 1. The molecule has 2 nitrogen and oxygen atoms in total. The van der Waals surface area contributed by atoms with Crippen LogP contribution in [0.5, 0.6) is 0 Å². The fourth-order valence-corrected chi connectivity index (χ4v) is 1.56. The maximum atomic E-state index is 5.68. The largest absolute Gasteiger partial charge is 0.372 e. The number of nitrogens with one attached hydrogen (secondary N) is 1. The van der Waals surface area contributed by atoms with Crippen molar-refractivity contribution in [2.75, 3.05) is 31.2 Å². The van der Waals surface area contributed by atoms with E-state index in [1.54, 1.807) is 0 Å². The first kappa shape index (κ1) is 9.36. The van der Waals surface area contributed by atoms with Crippen LogP contribution in [0, 0.1) is 0 Å². The fourth-order valence-electron chi connectivity index (χ4n) is 1.07. The van der Waals surface area contributed by atoms with Crippen molar-refractivity contribution in [3.63, 3.8) is 0 Å². The predicted molar refractivity (Wildman–Crippen MR) is 50.2 cm³/mol. The van der Waals surface area contributed by atoms with Gasteiger partial charge >= 0.3 is 0 Å². The smallest absolute Gasteiger partial charge is 0.0902 e. The van der Waals surface area contributed by atoms with Crippen molar-refractivity contribution in [3.8, 4) is 0 Å². The summed E-state index contributed by atoms with van der Waals surface area (Å²) < 4.78 is 5.68. The van der Waals surface area contributed by atoms with Crippen molar-refractivity contribution in [1.29, 1.82) is 0 Å². The van der Waals surface area contributed by atoms with Crippen molar-refractivity contribution in [2.24, 2.45) is 0 Å².